The largest absolute Gasteiger partial charge is 0.349 e. The number of anilines is 1. The molecule has 30 heavy (non-hydrogen) atoms. The van der Waals surface area contributed by atoms with Crippen LogP contribution in [0.1, 0.15) is 49.3 Å². The van der Waals surface area contributed by atoms with Gasteiger partial charge in [-0.25, -0.2) is 4.39 Å². The molecule has 0 saturated heterocycles. The third-order valence-electron chi connectivity index (χ3n) is 4.76. The maximum absolute atomic E-state index is 14.1. The zero-order valence-electron chi connectivity index (χ0n) is 16.9. The predicted octanol–water partition coefficient (Wildman–Crippen LogP) is 3.77. The first kappa shape index (κ1) is 21.5. The molecule has 1 N–H and O–H groups in total. The van der Waals surface area contributed by atoms with Crippen LogP contribution >= 0.6 is 11.5 Å². The number of rotatable bonds is 7. The Labute approximate surface area is 178 Å². The number of aromatic nitrogens is 3. The van der Waals surface area contributed by atoms with E-state index in [1.807, 2.05) is 20.8 Å². The number of hydrogen-bond acceptors (Lipinski definition) is 6. The Hall–Kier alpha value is -3.20. The van der Waals surface area contributed by atoms with Gasteiger partial charge in [-0.05, 0) is 67.7 Å². The number of benzene rings is 1. The molecule has 1 aromatic carbocycles. The highest BCUT2D eigenvalue weighted by Gasteiger charge is 2.36. The molecule has 2 aromatic heterocycles. The van der Waals surface area contributed by atoms with Crippen LogP contribution in [0.15, 0.2) is 54.2 Å². The van der Waals surface area contributed by atoms with Crippen molar-refractivity contribution in [1.29, 1.82) is 0 Å². The van der Waals surface area contributed by atoms with Gasteiger partial charge >= 0.3 is 0 Å². The fourth-order valence-corrected chi connectivity index (χ4v) is 3.27. The summed E-state index contributed by atoms with van der Waals surface area (Å²) in [5, 5.41) is 8.33. The van der Waals surface area contributed by atoms with Gasteiger partial charge in [0.25, 0.3) is 5.91 Å². The minimum atomic E-state index is -1.06. The van der Waals surface area contributed by atoms with Crippen LogP contribution in [0.25, 0.3) is 0 Å². The topological polar surface area (TPSA) is 88.1 Å². The summed E-state index contributed by atoms with van der Waals surface area (Å²) in [5.74, 6) is -1.47. The molecule has 0 fully saturated rings. The van der Waals surface area contributed by atoms with E-state index in [1.165, 1.54) is 28.5 Å². The molecule has 0 aliphatic carbocycles. The van der Waals surface area contributed by atoms with Gasteiger partial charge in [-0.15, -0.1) is 5.10 Å². The summed E-state index contributed by atoms with van der Waals surface area (Å²) in [6, 6.07) is 7.80. The van der Waals surface area contributed by atoms with Crippen molar-refractivity contribution in [1.82, 2.24) is 19.9 Å². The summed E-state index contributed by atoms with van der Waals surface area (Å²) in [6.45, 7) is 5.75. The van der Waals surface area contributed by atoms with Crippen molar-refractivity contribution in [3.8, 4) is 0 Å². The lowest BCUT2D eigenvalue weighted by Gasteiger charge is -2.34. The summed E-state index contributed by atoms with van der Waals surface area (Å²) in [7, 11) is 0. The summed E-state index contributed by atoms with van der Waals surface area (Å²) >= 11 is 1.02. The average Bonchev–Trinajstić information content (AvgIpc) is 3.26. The van der Waals surface area contributed by atoms with E-state index in [-0.39, 0.29) is 11.4 Å². The monoisotopic (exact) mass is 427 g/mol. The van der Waals surface area contributed by atoms with Gasteiger partial charge in [-0.1, -0.05) is 17.5 Å². The van der Waals surface area contributed by atoms with E-state index in [0.29, 0.717) is 12.0 Å². The number of pyridine rings is 1. The molecule has 7 nitrogen and oxygen atoms in total. The Morgan fingerprint density at radius 3 is 2.57 bits per heavy atom. The molecule has 0 aliphatic rings. The molecule has 3 aromatic rings. The summed E-state index contributed by atoms with van der Waals surface area (Å²) in [6.07, 6.45) is 3.77. The molecule has 0 radical (unpaired) electrons. The molecule has 1 atom stereocenters. The maximum Gasteiger partial charge on any atom is 0.280 e. The van der Waals surface area contributed by atoms with Crippen LogP contribution in [-0.4, -0.2) is 31.9 Å². The lowest BCUT2D eigenvalue weighted by molar-refractivity contribution is -0.124. The normalized spacial score (nSPS) is 12.3. The van der Waals surface area contributed by atoms with E-state index in [0.717, 1.165) is 11.5 Å². The summed E-state index contributed by atoms with van der Waals surface area (Å²) in [4.78, 5) is 32.1. The highest BCUT2D eigenvalue weighted by atomic mass is 32.1. The summed E-state index contributed by atoms with van der Waals surface area (Å²) in [5.41, 5.74) is 0.349. The number of carbonyl (C=O) groups is 2. The lowest BCUT2D eigenvalue weighted by Crippen LogP contribution is -2.50. The minimum absolute atomic E-state index is 0.0749. The number of amides is 2. The molecule has 2 amide bonds. The first-order valence-corrected chi connectivity index (χ1v) is 10.2. The fraction of sp³-hybridized carbons (Fsp3) is 0.286. The molecule has 0 saturated carbocycles. The van der Waals surface area contributed by atoms with Gasteiger partial charge in [0.15, 0.2) is 5.69 Å². The van der Waals surface area contributed by atoms with Crippen LogP contribution in [0, 0.1) is 5.82 Å². The van der Waals surface area contributed by atoms with Gasteiger partial charge in [0.05, 0.1) is 0 Å². The van der Waals surface area contributed by atoms with E-state index in [1.54, 1.807) is 30.6 Å². The van der Waals surface area contributed by atoms with Crippen molar-refractivity contribution in [3.63, 3.8) is 0 Å². The van der Waals surface area contributed by atoms with Crippen molar-refractivity contribution in [2.24, 2.45) is 0 Å². The van der Waals surface area contributed by atoms with E-state index in [2.05, 4.69) is 19.9 Å². The molecule has 0 aliphatic heterocycles. The number of hydrogen-bond donors (Lipinski definition) is 1. The zero-order chi connectivity index (χ0) is 21.7. The lowest BCUT2D eigenvalue weighted by atomic mass is 9.98. The Balaban J connectivity index is 2.15. The molecule has 0 bridgehead atoms. The quantitative estimate of drug-likeness (QED) is 0.620. The van der Waals surface area contributed by atoms with Crippen molar-refractivity contribution in [2.45, 2.75) is 38.8 Å². The van der Waals surface area contributed by atoms with Crippen LogP contribution in [0.5, 0.6) is 0 Å². The van der Waals surface area contributed by atoms with Crippen LogP contribution < -0.4 is 10.2 Å². The van der Waals surface area contributed by atoms with Crippen molar-refractivity contribution < 1.29 is 14.0 Å². The number of halogens is 1. The molecular weight excluding hydrogens is 405 g/mol. The van der Waals surface area contributed by atoms with Crippen molar-refractivity contribution >= 4 is 29.0 Å². The van der Waals surface area contributed by atoms with E-state index >= 15 is 0 Å². The van der Waals surface area contributed by atoms with Gasteiger partial charge in [0.1, 0.15) is 11.9 Å². The first-order chi connectivity index (χ1) is 14.3. The van der Waals surface area contributed by atoms with Crippen LogP contribution in [0.3, 0.4) is 0 Å². The maximum atomic E-state index is 14.1. The molecular formula is C21H22FN5O2S. The van der Waals surface area contributed by atoms with E-state index in [4.69, 9.17) is 0 Å². The third-order valence-corrected chi connectivity index (χ3v) is 5.26. The Bertz CT molecular complexity index is 1010. The molecule has 3 rings (SSSR count). The minimum Gasteiger partial charge on any atom is -0.349 e. The van der Waals surface area contributed by atoms with Gasteiger partial charge in [-0.2, -0.15) is 0 Å². The molecule has 156 valence electrons. The predicted molar refractivity (Wildman–Crippen MR) is 113 cm³/mol. The van der Waals surface area contributed by atoms with Crippen LogP contribution in [0.2, 0.25) is 0 Å². The molecule has 0 spiro atoms. The summed E-state index contributed by atoms with van der Waals surface area (Å²) < 4.78 is 17.8. The average molecular weight is 428 g/mol. The van der Waals surface area contributed by atoms with E-state index < -0.39 is 29.2 Å². The number of nitrogens with one attached hydrogen (secondary N) is 1. The van der Waals surface area contributed by atoms with Crippen molar-refractivity contribution in [2.75, 3.05) is 4.90 Å². The Morgan fingerprint density at radius 2 is 1.97 bits per heavy atom. The van der Waals surface area contributed by atoms with Crippen LogP contribution in [0.4, 0.5) is 10.1 Å². The SMILES string of the molecule is CCC(C)(C)NC(=O)[C@@H](c1ccncc1)N(C(=O)c1csnn1)c1cccc(F)c1. The molecule has 2 heterocycles. The third kappa shape index (κ3) is 4.85. The van der Waals surface area contributed by atoms with Gasteiger partial charge < -0.3 is 5.32 Å². The number of carbonyl (C=O) groups excluding carboxylic acids is 2. The van der Waals surface area contributed by atoms with Crippen molar-refractivity contribution in [3.05, 3.63) is 71.2 Å². The van der Waals surface area contributed by atoms with Crippen LogP contribution in [-0.2, 0) is 4.79 Å². The smallest absolute Gasteiger partial charge is 0.280 e. The van der Waals surface area contributed by atoms with Gasteiger partial charge in [0.2, 0.25) is 5.91 Å². The zero-order valence-corrected chi connectivity index (χ0v) is 17.7. The highest BCUT2D eigenvalue weighted by molar-refractivity contribution is 7.03. The highest BCUT2D eigenvalue weighted by Crippen LogP contribution is 2.30. The van der Waals surface area contributed by atoms with Gasteiger partial charge in [-0.3, -0.25) is 19.5 Å². The van der Waals surface area contributed by atoms with Gasteiger partial charge in [0, 0.05) is 29.0 Å². The Morgan fingerprint density at radius 1 is 1.23 bits per heavy atom. The second-order valence-electron chi connectivity index (χ2n) is 7.35. The second kappa shape index (κ2) is 9.08. The number of nitrogens with zero attached hydrogens (tertiary/aromatic N) is 4. The molecule has 9 heteroatoms. The standard InChI is InChI=1S/C21H22FN5O2S/c1-4-21(2,3)24-19(28)18(14-8-10-23-11-9-14)27(16-7-5-6-15(22)12-16)20(29)17-13-30-26-25-17/h5-13,18H,4H2,1-3H3,(H,24,28)/t18-/m1/s1. The first-order valence-electron chi connectivity index (χ1n) is 9.40. The fourth-order valence-electron chi connectivity index (χ4n) is 2.84. The molecule has 0 unspecified atom stereocenters. The Kier molecular flexibility index (Phi) is 6.51. The second-order valence-corrected chi connectivity index (χ2v) is 7.96. The van der Waals surface area contributed by atoms with E-state index in [9.17, 15) is 14.0 Å².